The Morgan fingerprint density at radius 1 is 1.00 bits per heavy atom. The fraction of sp³-hybridized carbons (Fsp3) is 0.360. The predicted molar refractivity (Wildman–Crippen MR) is 133 cm³/mol. The van der Waals surface area contributed by atoms with Crippen molar-refractivity contribution in [1.82, 2.24) is 19.9 Å². The first-order valence-corrected chi connectivity index (χ1v) is 12.2. The second-order valence-corrected chi connectivity index (χ2v) is 9.22. The van der Waals surface area contributed by atoms with E-state index in [1.807, 2.05) is 36.4 Å². The number of carbonyl (C=O) groups is 2. The summed E-state index contributed by atoms with van der Waals surface area (Å²) < 4.78 is 5.43. The van der Waals surface area contributed by atoms with E-state index in [0.717, 1.165) is 43.9 Å². The summed E-state index contributed by atoms with van der Waals surface area (Å²) in [6, 6.07) is 14.8. The zero-order valence-electron chi connectivity index (χ0n) is 19.3. The lowest BCUT2D eigenvalue weighted by atomic mass is 10.2. The van der Waals surface area contributed by atoms with Gasteiger partial charge in [0.25, 0.3) is 0 Å². The highest BCUT2D eigenvalue weighted by Gasteiger charge is 2.25. The number of hydrogen-bond acceptors (Lipinski definition) is 7. The Bertz CT molecular complexity index is 1190. The van der Waals surface area contributed by atoms with Crippen LogP contribution in [0.15, 0.2) is 53.1 Å². The van der Waals surface area contributed by atoms with E-state index in [-0.39, 0.29) is 11.8 Å². The molecule has 35 heavy (non-hydrogen) atoms. The summed E-state index contributed by atoms with van der Waals surface area (Å²) in [6.45, 7) is 4.68. The van der Waals surface area contributed by atoms with Gasteiger partial charge in [0.1, 0.15) is 0 Å². The van der Waals surface area contributed by atoms with Crippen LogP contribution >= 0.6 is 11.6 Å². The zero-order chi connectivity index (χ0) is 24.2. The summed E-state index contributed by atoms with van der Waals surface area (Å²) in [6.07, 6.45) is 1.40. The van der Waals surface area contributed by atoms with Crippen molar-refractivity contribution >= 4 is 34.8 Å². The van der Waals surface area contributed by atoms with E-state index < -0.39 is 0 Å². The third-order valence-electron chi connectivity index (χ3n) is 6.30. The average Bonchev–Trinajstić information content (AvgIpc) is 3.50. The predicted octanol–water partition coefficient (Wildman–Crippen LogP) is 3.27. The number of para-hydroxylation sites is 2. The molecule has 2 saturated heterocycles. The van der Waals surface area contributed by atoms with Crippen molar-refractivity contribution in [3.8, 4) is 11.4 Å². The molecule has 0 saturated carbocycles. The molecule has 0 aliphatic carbocycles. The number of amides is 2. The molecule has 9 nitrogen and oxygen atoms in total. The van der Waals surface area contributed by atoms with E-state index in [9.17, 15) is 9.59 Å². The number of hydrogen-bond donors (Lipinski definition) is 1. The van der Waals surface area contributed by atoms with Gasteiger partial charge in [0.2, 0.25) is 23.5 Å². The van der Waals surface area contributed by atoms with E-state index in [4.69, 9.17) is 16.1 Å². The molecule has 0 atom stereocenters. The number of aromatic nitrogens is 2. The largest absolute Gasteiger partial charge is 0.338 e. The average molecular weight is 495 g/mol. The van der Waals surface area contributed by atoms with Crippen LogP contribution in [0, 0.1) is 0 Å². The number of anilines is 2. The number of nitrogens with zero attached hydrogens (tertiary/aromatic N) is 5. The smallest absolute Gasteiger partial charge is 0.241 e. The van der Waals surface area contributed by atoms with Gasteiger partial charge in [-0.05, 0) is 42.8 Å². The molecular weight excluding hydrogens is 468 g/mol. The normalized spacial score (nSPS) is 17.2. The highest BCUT2D eigenvalue weighted by atomic mass is 35.5. The molecule has 2 fully saturated rings. The molecule has 0 unspecified atom stereocenters. The first-order chi connectivity index (χ1) is 17.0. The summed E-state index contributed by atoms with van der Waals surface area (Å²) in [5, 5.41) is 7.73. The van der Waals surface area contributed by atoms with Crippen LogP contribution in [-0.2, 0) is 16.1 Å². The van der Waals surface area contributed by atoms with Crippen molar-refractivity contribution in [3.05, 3.63) is 59.4 Å². The summed E-state index contributed by atoms with van der Waals surface area (Å²) in [4.78, 5) is 35.5. The van der Waals surface area contributed by atoms with Crippen LogP contribution in [0.25, 0.3) is 11.4 Å². The molecule has 2 amide bonds. The Labute approximate surface area is 208 Å². The molecule has 1 aromatic heterocycles. The van der Waals surface area contributed by atoms with Crippen molar-refractivity contribution in [2.75, 3.05) is 49.5 Å². The quantitative estimate of drug-likeness (QED) is 0.538. The molecule has 2 aliphatic rings. The highest BCUT2D eigenvalue weighted by Crippen LogP contribution is 2.29. The van der Waals surface area contributed by atoms with Crippen LogP contribution in [-0.4, -0.2) is 71.0 Å². The number of piperazine rings is 1. The van der Waals surface area contributed by atoms with Crippen molar-refractivity contribution in [2.24, 2.45) is 0 Å². The molecular formula is C25H27ClN6O3. The number of halogens is 1. The molecule has 3 heterocycles. The lowest BCUT2D eigenvalue weighted by Gasteiger charge is -2.33. The molecule has 10 heteroatoms. The maximum atomic E-state index is 12.7. The van der Waals surface area contributed by atoms with Gasteiger partial charge in [-0.25, -0.2) is 0 Å². The Morgan fingerprint density at radius 2 is 1.74 bits per heavy atom. The van der Waals surface area contributed by atoms with Crippen molar-refractivity contribution in [1.29, 1.82) is 0 Å². The van der Waals surface area contributed by atoms with Gasteiger partial charge >= 0.3 is 0 Å². The Balaban J connectivity index is 1.11. The molecule has 1 N–H and O–H groups in total. The second kappa shape index (κ2) is 10.6. The van der Waals surface area contributed by atoms with Gasteiger partial charge in [-0.3, -0.25) is 19.4 Å². The lowest BCUT2D eigenvalue weighted by Crippen LogP contribution is -2.48. The summed E-state index contributed by atoms with van der Waals surface area (Å²) in [5.74, 6) is 1.13. The number of rotatable bonds is 7. The highest BCUT2D eigenvalue weighted by molar-refractivity contribution is 6.30. The number of carbonyl (C=O) groups excluding carboxylic acids is 2. The van der Waals surface area contributed by atoms with Gasteiger partial charge in [-0.2, -0.15) is 4.98 Å². The number of nitrogens with one attached hydrogen (secondary N) is 1. The first-order valence-electron chi connectivity index (χ1n) is 11.8. The van der Waals surface area contributed by atoms with Crippen molar-refractivity contribution in [3.63, 3.8) is 0 Å². The summed E-state index contributed by atoms with van der Waals surface area (Å²) in [5.41, 5.74) is 2.31. The van der Waals surface area contributed by atoms with Crippen LogP contribution in [0.4, 0.5) is 11.4 Å². The fourth-order valence-electron chi connectivity index (χ4n) is 4.44. The Morgan fingerprint density at radius 3 is 2.49 bits per heavy atom. The standard InChI is InChI=1S/C25H27ClN6O3/c26-19-9-7-18(8-10-19)25-28-23(35-29-25)17-31-14-12-30(13-15-31)16-22(33)27-20-4-1-2-5-21(20)32-11-3-6-24(32)34/h1-2,4-5,7-10H,3,6,11-17H2,(H,27,33). The van der Waals surface area contributed by atoms with E-state index in [1.165, 1.54) is 0 Å². The van der Waals surface area contributed by atoms with Gasteiger partial charge in [0, 0.05) is 49.7 Å². The second-order valence-electron chi connectivity index (χ2n) is 8.79. The maximum Gasteiger partial charge on any atom is 0.241 e. The van der Waals surface area contributed by atoms with Crippen LogP contribution in [0.5, 0.6) is 0 Å². The van der Waals surface area contributed by atoms with Gasteiger partial charge in [-0.15, -0.1) is 0 Å². The maximum absolute atomic E-state index is 12.7. The lowest BCUT2D eigenvalue weighted by molar-refractivity contribution is -0.118. The molecule has 2 aromatic carbocycles. The molecule has 0 bridgehead atoms. The van der Waals surface area contributed by atoms with Crippen molar-refractivity contribution in [2.45, 2.75) is 19.4 Å². The molecule has 5 rings (SSSR count). The SMILES string of the molecule is O=C(CN1CCN(Cc2nc(-c3ccc(Cl)cc3)no2)CC1)Nc1ccccc1N1CCCC1=O. The molecule has 0 radical (unpaired) electrons. The fourth-order valence-corrected chi connectivity index (χ4v) is 4.57. The molecule has 182 valence electrons. The minimum Gasteiger partial charge on any atom is -0.338 e. The van der Waals surface area contributed by atoms with Gasteiger partial charge in [0.05, 0.1) is 24.5 Å². The van der Waals surface area contributed by atoms with Crippen molar-refractivity contribution < 1.29 is 14.1 Å². The summed E-state index contributed by atoms with van der Waals surface area (Å²) >= 11 is 5.94. The minimum absolute atomic E-state index is 0.0814. The van der Waals surface area contributed by atoms with Crippen LogP contribution in [0.3, 0.4) is 0 Å². The van der Waals surface area contributed by atoms with Crippen LogP contribution < -0.4 is 10.2 Å². The Kier molecular flexibility index (Phi) is 7.08. The topological polar surface area (TPSA) is 94.8 Å². The minimum atomic E-state index is -0.0814. The van der Waals surface area contributed by atoms with E-state index in [0.29, 0.717) is 48.5 Å². The number of benzene rings is 2. The summed E-state index contributed by atoms with van der Waals surface area (Å²) in [7, 11) is 0. The van der Waals surface area contributed by atoms with E-state index in [2.05, 4.69) is 25.3 Å². The van der Waals surface area contributed by atoms with E-state index in [1.54, 1.807) is 17.0 Å². The van der Waals surface area contributed by atoms with Gasteiger partial charge in [0.15, 0.2) is 0 Å². The third kappa shape index (κ3) is 5.70. The molecule has 2 aliphatic heterocycles. The van der Waals surface area contributed by atoms with Crippen LogP contribution in [0.2, 0.25) is 5.02 Å². The van der Waals surface area contributed by atoms with Gasteiger partial charge in [-0.1, -0.05) is 28.9 Å². The zero-order valence-corrected chi connectivity index (χ0v) is 20.1. The first kappa shape index (κ1) is 23.5. The van der Waals surface area contributed by atoms with Gasteiger partial charge < -0.3 is 14.7 Å². The Hall–Kier alpha value is -3.27. The molecule has 3 aromatic rings. The molecule has 0 spiro atoms. The van der Waals surface area contributed by atoms with E-state index >= 15 is 0 Å². The third-order valence-corrected chi connectivity index (χ3v) is 6.56. The monoisotopic (exact) mass is 494 g/mol. The van der Waals surface area contributed by atoms with Crippen LogP contribution in [0.1, 0.15) is 18.7 Å².